The Kier molecular flexibility index (Phi) is 6.84. The molecule has 0 spiro atoms. The Morgan fingerprint density at radius 2 is 1.93 bits per heavy atom. The Bertz CT molecular complexity index is 1120. The number of aliphatic hydroxyl groups excluding tert-OH is 1. The van der Waals surface area contributed by atoms with E-state index in [4.69, 9.17) is 0 Å². The molecule has 0 aliphatic carbocycles. The third kappa shape index (κ3) is 4.68. The van der Waals surface area contributed by atoms with Crippen LogP contribution in [0.1, 0.15) is 18.1 Å². The van der Waals surface area contributed by atoms with Crippen molar-refractivity contribution in [3.05, 3.63) is 77.4 Å². The van der Waals surface area contributed by atoms with E-state index in [0.717, 1.165) is 34.1 Å². The summed E-state index contributed by atoms with van der Waals surface area (Å²) < 4.78 is 0. The number of hydrogen-bond donors (Lipinski definition) is 2. The average Bonchev–Trinajstić information content (AvgIpc) is 2.76. The van der Waals surface area contributed by atoms with Crippen LogP contribution in [-0.2, 0) is 4.79 Å². The van der Waals surface area contributed by atoms with E-state index < -0.39 is 5.91 Å². The first-order valence-electron chi connectivity index (χ1n) is 9.94. The fourth-order valence-corrected chi connectivity index (χ4v) is 3.44. The number of nitrogens with zero attached hydrogens (tertiary/aromatic N) is 2. The largest absolute Gasteiger partial charge is 0.395 e. The Morgan fingerprint density at radius 3 is 2.63 bits per heavy atom. The molecule has 0 saturated heterocycles. The molecule has 0 fully saturated rings. The Hall–Kier alpha value is -3.62. The third-order valence-corrected chi connectivity index (χ3v) is 5.07. The van der Waals surface area contributed by atoms with Gasteiger partial charge in [-0.25, -0.2) is 0 Å². The zero-order valence-corrected chi connectivity index (χ0v) is 17.2. The first-order valence-corrected chi connectivity index (χ1v) is 9.94. The van der Waals surface area contributed by atoms with Crippen molar-refractivity contribution < 1.29 is 9.90 Å². The highest BCUT2D eigenvalue weighted by Crippen LogP contribution is 2.24. The van der Waals surface area contributed by atoms with Gasteiger partial charge < -0.3 is 15.3 Å². The summed E-state index contributed by atoms with van der Waals surface area (Å²) >= 11 is 0. The molecule has 1 amide bonds. The van der Waals surface area contributed by atoms with E-state index in [0.29, 0.717) is 12.2 Å². The molecule has 0 bridgehead atoms. The number of aliphatic hydroxyl groups is 1. The summed E-state index contributed by atoms with van der Waals surface area (Å²) in [7, 11) is 0. The van der Waals surface area contributed by atoms with Crippen molar-refractivity contribution in [3.8, 4) is 6.07 Å². The van der Waals surface area contributed by atoms with Crippen LogP contribution in [0.2, 0.25) is 0 Å². The molecular weight excluding hydrogens is 374 g/mol. The number of likely N-dealkylation sites (N-methyl/N-ethyl adjacent to an activating group) is 1. The summed E-state index contributed by atoms with van der Waals surface area (Å²) in [4.78, 5) is 14.8. The number of anilines is 2. The maximum atomic E-state index is 12.8. The maximum absolute atomic E-state index is 12.8. The molecule has 3 aromatic carbocycles. The van der Waals surface area contributed by atoms with E-state index in [-0.39, 0.29) is 12.2 Å². The molecule has 0 atom stereocenters. The summed E-state index contributed by atoms with van der Waals surface area (Å²) in [6.07, 6.45) is 1.61. The zero-order valence-electron chi connectivity index (χ0n) is 17.2. The molecule has 3 rings (SSSR count). The molecule has 0 saturated carbocycles. The second-order valence-electron chi connectivity index (χ2n) is 6.99. The smallest absolute Gasteiger partial charge is 0.266 e. The fourth-order valence-electron chi connectivity index (χ4n) is 3.44. The van der Waals surface area contributed by atoms with Gasteiger partial charge in [0.25, 0.3) is 5.91 Å². The summed E-state index contributed by atoms with van der Waals surface area (Å²) in [5.74, 6) is -0.437. The third-order valence-electron chi connectivity index (χ3n) is 5.07. The van der Waals surface area contributed by atoms with Crippen LogP contribution in [0.15, 0.2) is 66.2 Å². The van der Waals surface area contributed by atoms with Gasteiger partial charge in [0.15, 0.2) is 0 Å². The van der Waals surface area contributed by atoms with Gasteiger partial charge in [0.05, 0.1) is 6.61 Å². The highest BCUT2D eigenvalue weighted by molar-refractivity contribution is 6.13. The molecule has 2 N–H and O–H groups in total. The first-order chi connectivity index (χ1) is 14.6. The molecule has 0 aromatic heterocycles. The van der Waals surface area contributed by atoms with Crippen molar-refractivity contribution in [1.82, 2.24) is 0 Å². The highest BCUT2D eigenvalue weighted by Gasteiger charge is 2.12. The van der Waals surface area contributed by atoms with Crippen LogP contribution in [-0.4, -0.2) is 30.7 Å². The molecule has 152 valence electrons. The molecule has 0 radical (unpaired) electrons. The van der Waals surface area contributed by atoms with Gasteiger partial charge in [0.1, 0.15) is 11.6 Å². The molecule has 0 heterocycles. The van der Waals surface area contributed by atoms with Gasteiger partial charge in [0, 0.05) is 29.9 Å². The van der Waals surface area contributed by atoms with Crippen LogP contribution in [0.4, 0.5) is 11.4 Å². The molecule has 5 nitrogen and oxygen atoms in total. The predicted molar refractivity (Wildman–Crippen MR) is 122 cm³/mol. The molecule has 5 heteroatoms. The summed E-state index contributed by atoms with van der Waals surface area (Å²) in [6.45, 7) is 5.40. The van der Waals surface area contributed by atoms with Gasteiger partial charge in [-0.3, -0.25) is 4.79 Å². The van der Waals surface area contributed by atoms with Crippen LogP contribution >= 0.6 is 0 Å². The van der Waals surface area contributed by atoms with Gasteiger partial charge >= 0.3 is 0 Å². The number of rotatable bonds is 7. The van der Waals surface area contributed by atoms with E-state index in [1.807, 2.05) is 80.6 Å². The van der Waals surface area contributed by atoms with E-state index in [9.17, 15) is 15.2 Å². The molecular formula is C25H25N3O2. The standard InChI is InChI=1S/C25H25N3O2/c1-3-28(13-14-29)22-12-11-20(18(2)15-22)16-21(17-26)25(30)27-24-10-6-8-19-7-4-5-9-23(19)24/h4-12,15-16,29H,3,13-14H2,1-2H3,(H,27,30)/b21-16+. The number of amides is 1. The first kappa shape index (κ1) is 21.1. The molecule has 0 aliphatic rings. The van der Waals surface area contributed by atoms with Crippen molar-refractivity contribution in [1.29, 1.82) is 5.26 Å². The lowest BCUT2D eigenvalue weighted by atomic mass is 10.0. The van der Waals surface area contributed by atoms with Crippen LogP contribution in [0.3, 0.4) is 0 Å². The average molecular weight is 399 g/mol. The van der Waals surface area contributed by atoms with Gasteiger partial charge in [-0.15, -0.1) is 0 Å². The molecule has 3 aromatic rings. The van der Waals surface area contributed by atoms with Crippen LogP contribution in [0, 0.1) is 18.3 Å². The summed E-state index contributed by atoms with van der Waals surface area (Å²) in [5, 5.41) is 23.6. The van der Waals surface area contributed by atoms with Crippen molar-refractivity contribution in [2.45, 2.75) is 13.8 Å². The topological polar surface area (TPSA) is 76.4 Å². The number of carbonyl (C=O) groups is 1. The second-order valence-corrected chi connectivity index (χ2v) is 6.99. The molecule has 0 unspecified atom stereocenters. The number of carbonyl (C=O) groups excluding carboxylic acids is 1. The quantitative estimate of drug-likeness (QED) is 0.453. The van der Waals surface area contributed by atoms with E-state index in [1.54, 1.807) is 6.08 Å². The Labute approximate surface area is 176 Å². The lowest BCUT2D eigenvalue weighted by molar-refractivity contribution is -0.112. The Balaban J connectivity index is 1.86. The normalized spacial score (nSPS) is 11.2. The molecule has 30 heavy (non-hydrogen) atoms. The zero-order chi connectivity index (χ0) is 21.5. The van der Waals surface area contributed by atoms with Gasteiger partial charge in [0.2, 0.25) is 0 Å². The number of aryl methyl sites for hydroxylation is 1. The van der Waals surface area contributed by atoms with E-state index >= 15 is 0 Å². The minimum atomic E-state index is -0.437. The lowest BCUT2D eigenvalue weighted by Crippen LogP contribution is -2.26. The second kappa shape index (κ2) is 9.73. The van der Waals surface area contributed by atoms with E-state index in [2.05, 4.69) is 10.2 Å². The monoisotopic (exact) mass is 399 g/mol. The van der Waals surface area contributed by atoms with Crippen LogP contribution in [0.5, 0.6) is 0 Å². The van der Waals surface area contributed by atoms with Gasteiger partial charge in [-0.2, -0.15) is 5.26 Å². The summed E-state index contributed by atoms with van der Waals surface area (Å²) in [5.41, 5.74) is 3.48. The van der Waals surface area contributed by atoms with Crippen molar-refractivity contribution >= 4 is 34.1 Å². The fraction of sp³-hybridized carbons (Fsp3) is 0.200. The van der Waals surface area contributed by atoms with Crippen LogP contribution < -0.4 is 10.2 Å². The van der Waals surface area contributed by atoms with Gasteiger partial charge in [-0.1, -0.05) is 42.5 Å². The SMILES string of the molecule is CCN(CCO)c1ccc(/C=C(\C#N)C(=O)Nc2cccc3ccccc23)c(C)c1. The number of hydrogen-bond acceptors (Lipinski definition) is 4. The minimum Gasteiger partial charge on any atom is -0.395 e. The lowest BCUT2D eigenvalue weighted by Gasteiger charge is -2.22. The van der Waals surface area contributed by atoms with E-state index in [1.165, 1.54) is 0 Å². The predicted octanol–water partition coefficient (Wildman–Crippen LogP) is 4.51. The van der Waals surface area contributed by atoms with Crippen molar-refractivity contribution in [2.75, 3.05) is 29.9 Å². The van der Waals surface area contributed by atoms with Crippen LogP contribution in [0.25, 0.3) is 16.8 Å². The maximum Gasteiger partial charge on any atom is 0.266 e. The van der Waals surface area contributed by atoms with Crippen molar-refractivity contribution in [2.24, 2.45) is 0 Å². The number of nitrogens with one attached hydrogen (secondary N) is 1. The minimum absolute atomic E-state index is 0.0430. The number of fused-ring (bicyclic) bond motifs is 1. The number of nitriles is 1. The molecule has 0 aliphatic heterocycles. The number of benzene rings is 3. The summed E-state index contributed by atoms with van der Waals surface area (Å²) in [6, 6.07) is 21.3. The Morgan fingerprint density at radius 1 is 1.17 bits per heavy atom. The van der Waals surface area contributed by atoms with Gasteiger partial charge in [-0.05, 0) is 54.6 Å². The van der Waals surface area contributed by atoms with Crippen molar-refractivity contribution in [3.63, 3.8) is 0 Å². The highest BCUT2D eigenvalue weighted by atomic mass is 16.3.